The molecule has 0 bridgehead atoms. The van der Waals surface area contributed by atoms with Gasteiger partial charge in [0.2, 0.25) is 0 Å². The molecule has 1 unspecified atom stereocenters. The van der Waals surface area contributed by atoms with Crippen LogP contribution in [0.2, 0.25) is 0 Å². The van der Waals surface area contributed by atoms with Gasteiger partial charge in [0.05, 0.1) is 20.1 Å². The van der Waals surface area contributed by atoms with E-state index in [1.165, 1.54) is 120 Å². The predicted molar refractivity (Wildman–Crippen MR) is 132 cm³/mol. The second-order valence-corrected chi connectivity index (χ2v) is 10.7. The number of hydrogen-bond donors (Lipinski definition) is 1. The number of thioether (sulfide) groups is 1. The number of methoxy groups -OCH3 is 1. The minimum Gasteiger partial charge on any atom is -0.375 e. The van der Waals surface area contributed by atoms with Crippen LogP contribution in [0.15, 0.2) is 0 Å². The summed E-state index contributed by atoms with van der Waals surface area (Å²) in [6.45, 7) is 8.25. The summed E-state index contributed by atoms with van der Waals surface area (Å²) in [6, 6.07) is 0. The molecule has 1 aliphatic rings. The first-order valence-corrected chi connectivity index (χ1v) is 14.0. The highest BCUT2D eigenvalue weighted by atomic mass is 32.2. The second kappa shape index (κ2) is 19.0. The Labute approximate surface area is 187 Å². The maximum absolute atomic E-state index is 5.79. The molecule has 174 valence electrons. The molecular weight excluding hydrogens is 376 g/mol. The van der Waals surface area contributed by atoms with Gasteiger partial charge >= 0.3 is 0 Å². The average molecular weight is 430 g/mol. The molecule has 0 amide bonds. The van der Waals surface area contributed by atoms with E-state index >= 15 is 0 Å². The van der Waals surface area contributed by atoms with Crippen LogP contribution in [0, 0.1) is 0 Å². The van der Waals surface area contributed by atoms with Gasteiger partial charge in [-0.3, -0.25) is 0 Å². The summed E-state index contributed by atoms with van der Waals surface area (Å²) in [6.07, 6.45) is 20.6. The van der Waals surface area contributed by atoms with Crippen LogP contribution in [0.4, 0.5) is 0 Å². The highest BCUT2D eigenvalue weighted by Gasteiger charge is 2.28. The molecule has 1 N–H and O–H groups in total. The van der Waals surface area contributed by atoms with Crippen molar-refractivity contribution >= 4 is 11.8 Å². The first-order valence-electron chi connectivity index (χ1n) is 12.8. The molecule has 1 saturated heterocycles. The molecule has 3 nitrogen and oxygen atoms in total. The Bertz CT molecular complexity index is 348. The molecule has 1 rings (SSSR count). The van der Waals surface area contributed by atoms with E-state index in [0.29, 0.717) is 6.10 Å². The van der Waals surface area contributed by atoms with Crippen molar-refractivity contribution in [2.24, 2.45) is 0 Å². The number of nitrogens with zero attached hydrogens (tertiary/aromatic N) is 1. The van der Waals surface area contributed by atoms with E-state index in [9.17, 15) is 0 Å². The lowest BCUT2D eigenvalue weighted by molar-refractivity contribution is -0.913. The van der Waals surface area contributed by atoms with Gasteiger partial charge in [-0.15, -0.1) is 0 Å². The third-order valence-electron chi connectivity index (χ3n) is 6.58. The van der Waals surface area contributed by atoms with E-state index in [-0.39, 0.29) is 0 Å². The number of ether oxygens (including phenoxy) is 1. The van der Waals surface area contributed by atoms with Gasteiger partial charge in [0, 0.05) is 26.0 Å². The number of nitrogens with one attached hydrogen (secondary N) is 1. The van der Waals surface area contributed by atoms with Crippen molar-refractivity contribution in [3.05, 3.63) is 0 Å². The van der Waals surface area contributed by atoms with Gasteiger partial charge in [-0.1, -0.05) is 90.4 Å². The Morgan fingerprint density at radius 3 is 1.76 bits per heavy atom. The van der Waals surface area contributed by atoms with Crippen LogP contribution in [-0.4, -0.2) is 69.0 Å². The van der Waals surface area contributed by atoms with E-state index in [1.54, 1.807) is 0 Å². The standard InChI is InChI=1S/C25H53N2OS/c1-4-5-6-7-8-9-10-11-12-13-14-15-16-17-22-29-24-25(28-3)23-27(2)20-18-26-19-21-27/h25-26H,4-24H2,1-3H3/q+1. The van der Waals surface area contributed by atoms with Crippen molar-refractivity contribution in [2.75, 3.05) is 58.4 Å². The van der Waals surface area contributed by atoms with Crippen LogP contribution >= 0.6 is 11.8 Å². The van der Waals surface area contributed by atoms with E-state index < -0.39 is 0 Å². The smallest absolute Gasteiger partial charge is 0.115 e. The van der Waals surface area contributed by atoms with Crippen LogP contribution < -0.4 is 5.32 Å². The van der Waals surface area contributed by atoms with E-state index in [4.69, 9.17) is 4.74 Å². The molecule has 0 aromatic carbocycles. The van der Waals surface area contributed by atoms with Crippen molar-refractivity contribution < 1.29 is 9.22 Å². The number of likely N-dealkylation sites (N-methyl/N-ethyl adjacent to an activating group) is 1. The molecular formula is C25H53N2OS+. The van der Waals surface area contributed by atoms with Gasteiger partial charge in [-0.05, 0) is 12.2 Å². The number of piperazine rings is 1. The van der Waals surface area contributed by atoms with Crippen molar-refractivity contribution in [2.45, 2.75) is 103 Å². The first-order chi connectivity index (χ1) is 14.2. The van der Waals surface area contributed by atoms with Crippen LogP contribution in [0.5, 0.6) is 0 Å². The SMILES string of the molecule is CCCCCCCCCCCCCCCCSCC(C[N+]1(C)CCNCC1)OC. The maximum atomic E-state index is 5.79. The lowest BCUT2D eigenvalue weighted by Gasteiger charge is -2.40. The van der Waals surface area contributed by atoms with Crippen LogP contribution in [0.25, 0.3) is 0 Å². The Balaban J connectivity index is 1.83. The van der Waals surface area contributed by atoms with Gasteiger partial charge < -0.3 is 14.5 Å². The zero-order valence-corrected chi connectivity index (χ0v) is 21.0. The van der Waals surface area contributed by atoms with Crippen LogP contribution in [-0.2, 0) is 4.74 Å². The molecule has 1 fully saturated rings. The summed E-state index contributed by atoms with van der Waals surface area (Å²) in [4.78, 5) is 0. The molecule has 0 radical (unpaired) electrons. The van der Waals surface area contributed by atoms with Crippen molar-refractivity contribution in [1.82, 2.24) is 5.32 Å². The zero-order chi connectivity index (χ0) is 21.0. The molecule has 1 aliphatic heterocycles. The number of unbranched alkanes of at least 4 members (excludes halogenated alkanes) is 13. The summed E-state index contributed by atoms with van der Waals surface area (Å²) in [7, 11) is 4.29. The van der Waals surface area contributed by atoms with E-state index in [0.717, 1.165) is 18.8 Å². The monoisotopic (exact) mass is 429 g/mol. The lowest BCUT2D eigenvalue weighted by atomic mass is 10.0. The summed E-state index contributed by atoms with van der Waals surface area (Å²) >= 11 is 2.11. The normalized spacial score (nSPS) is 17.5. The molecule has 1 atom stereocenters. The zero-order valence-electron chi connectivity index (χ0n) is 20.2. The van der Waals surface area contributed by atoms with Gasteiger partial charge in [-0.2, -0.15) is 11.8 Å². The van der Waals surface area contributed by atoms with Gasteiger partial charge in [0.15, 0.2) is 0 Å². The third kappa shape index (κ3) is 15.6. The minimum atomic E-state index is 0.412. The molecule has 29 heavy (non-hydrogen) atoms. The van der Waals surface area contributed by atoms with Gasteiger partial charge in [-0.25, -0.2) is 0 Å². The lowest BCUT2D eigenvalue weighted by Crippen LogP contribution is -2.59. The Morgan fingerprint density at radius 1 is 0.793 bits per heavy atom. The second-order valence-electron chi connectivity index (χ2n) is 9.53. The highest BCUT2D eigenvalue weighted by molar-refractivity contribution is 7.99. The summed E-state index contributed by atoms with van der Waals surface area (Å²) in [5.41, 5.74) is 0. The Morgan fingerprint density at radius 2 is 1.28 bits per heavy atom. The molecule has 1 heterocycles. The Hall–Kier alpha value is 0.230. The van der Waals surface area contributed by atoms with E-state index in [1.807, 2.05) is 7.11 Å². The largest absolute Gasteiger partial charge is 0.375 e. The van der Waals surface area contributed by atoms with Crippen molar-refractivity contribution in [3.63, 3.8) is 0 Å². The average Bonchev–Trinajstić information content (AvgIpc) is 2.73. The molecule has 4 heteroatoms. The molecule has 0 aromatic heterocycles. The molecule has 0 spiro atoms. The number of quaternary nitrogens is 1. The third-order valence-corrected chi connectivity index (χ3v) is 7.77. The van der Waals surface area contributed by atoms with Crippen LogP contribution in [0.1, 0.15) is 96.8 Å². The quantitative estimate of drug-likeness (QED) is 0.182. The topological polar surface area (TPSA) is 21.3 Å². The fourth-order valence-electron chi connectivity index (χ4n) is 4.42. The number of hydrogen-bond acceptors (Lipinski definition) is 3. The summed E-state index contributed by atoms with van der Waals surface area (Å²) < 4.78 is 6.96. The fourth-order valence-corrected chi connectivity index (χ4v) is 5.50. The van der Waals surface area contributed by atoms with Gasteiger partial charge in [0.1, 0.15) is 12.6 Å². The van der Waals surface area contributed by atoms with E-state index in [2.05, 4.69) is 31.1 Å². The maximum Gasteiger partial charge on any atom is 0.115 e. The van der Waals surface area contributed by atoms with Gasteiger partial charge in [0.25, 0.3) is 0 Å². The molecule has 0 saturated carbocycles. The summed E-state index contributed by atoms with van der Waals surface area (Å²) in [5.74, 6) is 2.47. The molecule has 0 aliphatic carbocycles. The fraction of sp³-hybridized carbons (Fsp3) is 1.00. The predicted octanol–water partition coefficient (Wildman–Crippen LogP) is 6.27. The van der Waals surface area contributed by atoms with Crippen molar-refractivity contribution in [1.29, 1.82) is 0 Å². The first kappa shape index (κ1) is 27.3. The highest BCUT2D eigenvalue weighted by Crippen LogP contribution is 2.16. The Kier molecular flexibility index (Phi) is 17.8. The minimum absolute atomic E-state index is 0.412. The summed E-state index contributed by atoms with van der Waals surface area (Å²) in [5, 5.41) is 3.47. The van der Waals surface area contributed by atoms with Crippen molar-refractivity contribution in [3.8, 4) is 0 Å². The number of rotatable bonds is 20. The van der Waals surface area contributed by atoms with Crippen LogP contribution in [0.3, 0.4) is 0 Å². The molecule has 0 aromatic rings.